The summed E-state index contributed by atoms with van der Waals surface area (Å²) in [7, 11) is 1.77. The highest BCUT2D eigenvalue weighted by Crippen LogP contribution is 2.40. The molecule has 0 bridgehead atoms. The lowest BCUT2D eigenvalue weighted by molar-refractivity contribution is -0.117. The zero-order valence-electron chi connectivity index (χ0n) is 18.0. The summed E-state index contributed by atoms with van der Waals surface area (Å²) in [5.74, 6) is -0.135. The lowest BCUT2D eigenvalue weighted by Crippen LogP contribution is -2.44. The van der Waals surface area contributed by atoms with Crippen LogP contribution in [0.3, 0.4) is 0 Å². The zero-order chi connectivity index (χ0) is 22.1. The van der Waals surface area contributed by atoms with Crippen LogP contribution >= 0.6 is 0 Å². The van der Waals surface area contributed by atoms with Gasteiger partial charge in [-0.1, -0.05) is 55.3 Å². The van der Waals surface area contributed by atoms with Gasteiger partial charge in [-0.15, -0.1) is 0 Å². The second kappa shape index (κ2) is 10.6. The van der Waals surface area contributed by atoms with Crippen LogP contribution in [0, 0.1) is 0 Å². The molecule has 1 fully saturated rings. The predicted octanol–water partition coefficient (Wildman–Crippen LogP) is 2.08. The largest absolute Gasteiger partial charge is 0.368 e. The van der Waals surface area contributed by atoms with Crippen LogP contribution in [-0.2, 0) is 16.8 Å². The van der Waals surface area contributed by atoms with Crippen molar-refractivity contribution < 1.29 is 9.59 Å². The van der Waals surface area contributed by atoms with Crippen molar-refractivity contribution in [3.05, 3.63) is 71.3 Å². The molecule has 5 N–H and O–H groups in total. The monoisotopic (exact) mass is 421 g/mol. The fourth-order valence-electron chi connectivity index (χ4n) is 4.11. The molecule has 0 radical (unpaired) electrons. The number of nitrogens with zero attached hydrogens (tertiary/aromatic N) is 1. The number of hydrogen-bond donors (Lipinski definition) is 4. The molecule has 31 heavy (non-hydrogen) atoms. The third-order valence-electron chi connectivity index (χ3n) is 5.86. The van der Waals surface area contributed by atoms with E-state index in [1.807, 2.05) is 12.1 Å². The van der Waals surface area contributed by atoms with Crippen LogP contribution < -0.4 is 21.7 Å². The van der Waals surface area contributed by atoms with E-state index in [-0.39, 0.29) is 17.9 Å². The number of carbonyl (C=O) groups excluding carboxylic acids is 2. The number of hydrogen-bond acceptors (Lipinski definition) is 3. The van der Waals surface area contributed by atoms with Crippen molar-refractivity contribution in [1.82, 2.24) is 16.0 Å². The number of guanidine groups is 1. The summed E-state index contributed by atoms with van der Waals surface area (Å²) >= 11 is 0. The summed E-state index contributed by atoms with van der Waals surface area (Å²) < 4.78 is 0. The molecule has 1 aliphatic carbocycles. The molecule has 0 aliphatic heterocycles. The Kier molecular flexibility index (Phi) is 7.65. The molecule has 0 aromatic heterocycles. The topological polar surface area (TPSA) is 109 Å². The van der Waals surface area contributed by atoms with Gasteiger partial charge in [-0.2, -0.15) is 0 Å². The maximum atomic E-state index is 12.0. The lowest BCUT2D eigenvalue weighted by Gasteiger charge is -2.30. The van der Waals surface area contributed by atoms with Crippen molar-refractivity contribution in [3.8, 4) is 0 Å². The van der Waals surface area contributed by atoms with E-state index in [2.05, 4.69) is 51.3 Å². The molecule has 0 spiro atoms. The molecule has 2 aromatic carbocycles. The first-order valence-corrected chi connectivity index (χ1v) is 10.7. The van der Waals surface area contributed by atoms with Gasteiger partial charge in [0.15, 0.2) is 5.96 Å². The SMILES string of the molecule is CN=C(NCc1ccc(C(=O)NCC(N)=O)cc1)NCC1(c2ccccc2)CCCC1. The average Bonchev–Trinajstić information content (AvgIpc) is 3.29. The molecule has 0 heterocycles. The minimum absolute atomic E-state index is 0.152. The van der Waals surface area contributed by atoms with Crippen LogP contribution in [-0.4, -0.2) is 37.9 Å². The number of nitrogens with one attached hydrogen (secondary N) is 3. The Hall–Kier alpha value is -3.35. The van der Waals surface area contributed by atoms with Crippen molar-refractivity contribution in [2.45, 2.75) is 37.6 Å². The quantitative estimate of drug-likeness (QED) is 0.386. The summed E-state index contributed by atoms with van der Waals surface area (Å²) in [6, 6.07) is 17.9. The predicted molar refractivity (Wildman–Crippen MR) is 123 cm³/mol. The molecule has 7 heteroatoms. The Labute approximate surface area is 183 Å². The summed E-state index contributed by atoms with van der Waals surface area (Å²) in [4.78, 5) is 27.1. The van der Waals surface area contributed by atoms with Gasteiger partial charge in [-0.05, 0) is 36.1 Å². The average molecular weight is 422 g/mol. The summed E-state index contributed by atoms with van der Waals surface area (Å²) in [6.45, 7) is 1.26. The van der Waals surface area contributed by atoms with Gasteiger partial charge in [-0.25, -0.2) is 0 Å². The van der Waals surface area contributed by atoms with Crippen molar-refractivity contribution in [1.29, 1.82) is 0 Å². The smallest absolute Gasteiger partial charge is 0.251 e. The van der Waals surface area contributed by atoms with E-state index in [0.717, 1.165) is 18.1 Å². The number of benzene rings is 2. The maximum Gasteiger partial charge on any atom is 0.251 e. The summed E-state index contributed by atoms with van der Waals surface area (Å²) in [5, 5.41) is 9.33. The second-order valence-corrected chi connectivity index (χ2v) is 7.98. The Bertz CT molecular complexity index is 903. The summed E-state index contributed by atoms with van der Waals surface area (Å²) in [6.07, 6.45) is 4.87. The van der Waals surface area contributed by atoms with Gasteiger partial charge in [0.2, 0.25) is 5.91 Å². The van der Waals surface area contributed by atoms with Crippen LogP contribution in [0.2, 0.25) is 0 Å². The van der Waals surface area contributed by atoms with E-state index in [1.165, 1.54) is 31.2 Å². The van der Waals surface area contributed by atoms with Gasteiger partial charge in [0.25, 0.3) is 5.91 Å². The number of nitrogens with two attached hydrogens (primary N) is 1. The molecule has 0 saturated heterocycles. The number of aliphatic imine (C=N–C) groups is 1. The van der Waals surface area contributed by atoms with Gasteiger partial charge >= 0.3 is 0 Å². The number of primary amides is 1. The van der Waals surface area contributed by atoms with Crippen LogP contribution in [0.5, 0.6) is 0 Å². The van der Waals surface area contributed by atoms with Crippen LogP contribution in [0.4, 0.5) is 0 Å². The number of carbonyl (C=O) groups is 2. The van der Waals surface area contributed by atoms with Gasteiger partial charge in [0, 0.05) is 31.1 Å². The van der Waals surface area contributed by atoms with E-state index >= 15 is 0 Å². The van der Waals surface area contributed by atoms with Crippen molar-refractivity contribution >= 4 is 17.8 Å². The molecule has 7 nitrogen and oxygen atoms in total. The van der Waals surface area contributed by atoms with E-state index < -0.39 is 5.91 Å². The first-order chi connectivity index (χ1) is 15.0. The van der Waals surface area contributed by atoms with Gasteiger partial charge in [0.05, 0.1) is 6.54 Å². The fourth-order valence-corrected chi connectivity index (χ4v) is 4.11. The molecular weight excluding hydrogens is 390 g/mol. The molecule has 1 aliphatic rings. The first-order valence-electron chi connectivity index (χ1n) is 10.7. The minimum Gasteiger partial charge on any atom is -0.368 e. The minimum atomic E-state index is -0.570. The van der Waals surface area contributed by atoms with Crippen LogP contribution in [0.1, 0.15) is 47.2 Å². The Morgan fingerprint density at radius 3 is 2.26 bits per heavy atom. The molecule has 0 atom stereocenters. The van der Waals surface area contributed by atoms with E-state index in [9.17, 15) is 9.59 Å². The summed E-state index contributed by atoms with van der Waals surface area (Å²) in [5.41, 5.74) is 8.10. The number of amides is 2. The van der Waals surface area contributed by atoms with Gasteiger partial charge in [-0.3, -0.25) is 14.6 Å². The maximum absolute atomic E-state index is 12.0. The molecule has 1 saturated carbocycles. The highest BCUT2D eigenvalue weighted by atomic mass is 16.2. The van der Waals surface area contributed by atoms with Gasteiger partial charge in [0.1, 0.15) is 0 Å². The van der Waals surface area contributed by atoms with E-state index in [0.29, 0.717) is 12.1 Å². The fraction of sp³-hybridized carbons (Fsp3) is 0.375. The molecule has 2 amide bonds. The Morgan fingerprint density at radius 2 is 1.65 bits per heavy atom. The molecule has 2 aromatic rings. The van der Waals surface area contributed by atoms with E-state index in [4.69, 9.17) is 5.73 Å². The lowest BCUT2D eigenvalue weighted by atomic mass is 9.79. The number of rotatable bonds is 8. The Balaban J connectivity index is 1.53. The van der Waals surface area contributed by atoms with E-state index in [1.54, 1.807) is 19.2 Å². The van der Waals surface area contributed by atoms with Crippen molar-refractivity contribution in [3.63, 3.8) is 0 Å². The third kappa shape index (κ3) is 6.07. The Morgan fingerprint density at radius 1 is 0.968 bits per heavy atom. The first kappa shape index (κ1) is 22.3. The third-order valence-corrected chi connectivity index (χ3v) is 5.86. The van der Waals surface area contributed by atoms with Crippen molar-refractivity contribution in [2.75, 3.05) is 20.1 Å². The molecule has 3 rings (SSSR count). The van der Waals surface area contributed by atoms with Crippen molar-refractivity contribution in [2.24, 2.45) is 10.7 Å². The standard InChI is InChI=1S/C24H31N5O2/c1-26-23(29-17-24(13-5-6-14-24)20-7-3-2-4-8-20)28-15-18-9-11-19(12-10-18)22(31)27-16-21(25)30/h2-4,7-12H,5-6,13-17H2,1H3,(H2,25,30)(H,27,31)(H2,26,28,29). The van der Waals surface area contributed by atoms with Gasteiger partial charge < -0.3 is 21.7 Å². The van der Waals surface area contributed by atoms with Crippen LogP contribution in [0.25, 0.3) is 0 Å². The van der Waals surface area contributed by atoms with Crippen LogP contribution in [0.15, 0.2) is 59.6 Å². The zero-order valence-corrected chi connectivity index (χ0v) is 18.0. The normalized spacial score (nSPS) is 15.3. The molecule has 164 valence electrons. The second-order valence-electron chi connectivity index (χ2n) is 7.98. The molecule has 0 unspecified atom stereocenters. The highest BCUT2D eigenvalue weighted by molar-refractivity contribution is 5.96. The highest BCUT2D eigenvalue weighted by Gasteiger charge is 2.35. The molecular formula is C24H31N5O2.